The number of methoxy groups -OCH3 is 1. The number of aromatic nitrogens is 2. The Morgan fingerprint density at radius 3 is 2.67 bits per heavy atom. The van der Waals surface area contributed by atoms with Crippen molar-refractivity contribution in [3.63, 3.8) is 0 Å². The predicted molar refractivity (Wildman–Crippen MR) is 161 cm³/mol. The lowest BCUT2D eigenvalue weighted by Gasteiger charge is -2.21. The lowest BCUT2D eigenvalue weighted by atomic mass is 10.00. The van der Waals surface area contributed by atoms with Gasteiger partial charge in [-0.2, -0.15) is 4.58 Å². The van der Waals surface area contributed by atoms with Gasteiger partial charge >= 0.3 is 0 Å². The maximum atomic E-state index is 6.33. The van der Waals surface area contributed by atoms with Gasteiger partial charge in [-0.25, -0.2) is 9.97 Å². The summed E-state index contributed by atoms with van der Waals surface area (Å²) in [5, 5.41) is 4.30. The number of hydrogen-bond acceptors (Lipinski definition) is 7. The van der Waals surface area contributed by atoms with Crippen molar-refractivity contribution in [2.24, 2.45) is 0 Å². The molecular weight excluding hydrogens is 502 g/mol. The maximum Gasteiger partial charge on any atom is 0.248 e. The summed E-state index contributed by atoms with van der Waals surface area (Å²) in [7, 11) is 3.68. The van der Waals surface area contributed by atoms with E-state index in [1.807, 2.05) is 61.6 Å². The fraction of sp³-hybridized carbons (Fsp3) is 0.281. The third-order valence-corrected chi connectivity index (χ3v) is 7.08. The molecular formula is C32H36N5O3+. The van der Waals surface area contributed by atoms with E-state index in [9.17, 15) is 0 Å². The Kier molecular flexibility index (Phi) is 7.98. The number of fused-ring (bicyclic) bond motifs is 1. The standard InChI is InChI=1S/C32H36N5O3/c1-7-36(5)27-11-9-24(19-25(27)21(2)3)40-29-13-8-23(18-22(29)4)35-32-30-26(33-20-34-32)10-12-28(31(30)38-6)37-14-16-39-17-15-37/h7-14,18-21H,1,15-17H2,2-6H3,(H,33,34,35)/q+1. The van der Waals surface area contributed by atoms with Crippen LogP contribution in [0.1, 0.15) is 30.9 Å². The SMILES string of the molecule is C=CN(C)c1ccc(Oc2ccc(Nc3ncnc4ccc([N+]5=CCOCC5)c(OC)c34)cc2C)cc1C(C)C. The third-order valence-electron chi connectivity index (χ3n) is 7.08. The van der Waals surface area contributed by atoms with Crippen LogP contribution in [0.4, 0.5) is 22.9 Å². The van der Waals surface area contributed by atoms with Crippen molar-refractivity contribution in [3.8, 4) is 17.2 Å². The first kappa shape index (κ1) is 27.1. The molecule has 0 saturated carbocycles. The minimum absolute atomic E-state index is 0.343. The molecule has 0 atom stereocenters. The number of hydrogen-bond donors (Lipinski definition) is 1. The van der Waals surface area contributed by atoms with E-state index in [4.69, 9.17) is 14.2 Å². The van der Waals surface area contributed by atoms with Crippen molar-refractivity contribution < 1.29 is 18.8 Å². The monoisotopic (exact) mass is 538 g/mol. The highest BCUT2D eigenvalue weighted by Crippen LogP contribution is 2.40. The Morgan fingerprint density at radius 1 is 1.12 bits per heavy atom. The lowest BCUT2D eigenvalue weighted by Crippen LogP contribution is -2.23. The first-order valence-electron chi connectivity index (χ1n) is 13.4. The van der Waals surface area contributed by atoms with E-state index >= 15 is 0 Å². The second-order valence-electron chi connectivity index (χ2n) is 10.1. The van der Waals surface area contributed by atoms with E-state index in [0.717, 1.165) is 57.3 Å². The normalized spacial score (nSPS) is 13.2. The Balaban J connectivity index is 1.44. The molecule has 0 radical (unpaired) electrons. The van der Waals surface area contributed by atoms with Crippen molar-refractivity contribution in [2.75, 3.05) is 44.1 Å². The van der Waals surface area contributed by atoms with Gasteiger partial charge < -0.3 is 24.4 Å². The molecule has 206 valence electrons. The molecule has 0 bridgehead atoms. The molecule has 5 rings (SSSR count). The molecule has 3 aromatic carbocycles. The third kappa shape index (κ3) is 5.49. The van der Waals surface area contributed by atoms with Gasteiger partial charge in [0, 0.05) is 24.5 Å². The fourth-order valence-corrected chi connectivity index (χ4v) is 4.92. The molecule has 0 unspecified atom stereocenters. The molecule has 0 spiro atoms. The van der Waals surface area contributed by atoms with Crippen molar-refractivity contribution in [1.29, 1.82) is 0 Å². The van der Waals surface area contributed by atoms with Crippen LogP contribution in [-0.4, -0.2) is 54.7 Å². The number of rotatable bonds is 9. The smallest absolute Gasteiger partial charge is 0.248 e. The second-order valence-corrected chi connectivity index (χ2v) is 10.1. The number of benzene rings is 3. The maximum absolute atomic E-state index is 6.33. The van der Waals surface area contributed by atoms with Gasteiger partial charge in [-0.3, -0.25) is 0 Å². The fourth-order valence-electron chi connectivity index (χ4n) is 4.92. The van der Waals surface area contributed by atoms with Gasteiger partial charge in [-0.1, -0.05) is 20.4 Å². The largest absolute Gasteiger partial charge is 0.490 e. The summed E-state index contributed by atoms with van der Waals surface area (Å²) in [6.45, 7) is 12.3. The quantitative estimate of drug-likeness (QED) is 0.232. The molecule has 1 aliphatic heterocycles. The summed E-state index contributed by atoms with van der Waals surface area (Å²) in [5.74, 6) is 3.33. The van der Waals surface area contributed by atoms with E-state index in [1.54, 1.807) is 13.4 Å². The van der Waals surface area contributed by atoms with E-state index in [-0.39, 0.29) is 0 Å². The van der Waals surface area contributed by atoms with Crippen molar-refractivity contribution in [2.45, 2.75) is 26.7 Å². The molecule has 0 amide bonds. The molecule has 4 aromatic rings. The van der Waals surface area contributed by atoms with Gasteiger partial charge in [0.2, 0.25) is 11.4 Å². The van der Waals surface area contributed by atoms with Crippen LogP contribution < -0.4 is 19.7 Å². The Labute approximate surface area is 235 Å². The van der Waals surface area contributed by atoms with Gasteiger partial charge in [-0.15, -0.1) is 0 Å². The summed E-state index contributed by atoms with van der Waals surface area (Å²) in [6, 6.07) is 16.2. The zero-order chi connectivity index (χ0) is 28.2. The van der Waals surface area contributed by atoms with Crippen LogP contribution in [0.15, 0.2) is 67.6 Å². The number of anilines is 3. The van der Waals surface area contributed by atoms with Crippen LogP contribution >= 0.6 is 0 Å². The molecule has 40 heavy (non-hydrogen) atoms. The summed E-state index contributed by atoms with van der Waals surface area (Å²) >= 11 is 0. The molecule has 8 nitrogen and oxygen atoms in total. The molecule has 1 N–H and O–H groups in total. The van der Waals surface area contributed by atoms with Crippen LogP contribution in [0.25, 0.3) is 10.9 Å². The van der Waals surface area contributed by atoms with Crippen LogP contribution in [0.3, 0.4) is 0 Å². The topological polar surface area (TPSA) is 71.8 Å². The Bertz CT molecular complexity index is 1580. The van der Waals surface area contributed by atoms with Crippen LogP contribution in [0.2, 0.25) is 0 Å². The summed E-state index contributed by atoms with van der Waals surface area (Å²) < 4.78 is 19.9. The zero-order valence-electron chi connectivity index (χ0n) is 23.8. The van der Waals surface area contributed by atoms with E-state index in [0.29, 0.717) is 24.9 Å². The minimum atomic E-state index is 0.343. The number of ether oxygens (including phenoxy) is 3. The van der Waals surface area contributed by atoms with E-state index in [2.05, 4.69) is 58.5 Å². The van der Waals surface area contributed by atoms with E-state index < -0.39 is 0 Å². The van der Waals surface area contributed by atoms with Crippen LogP contribution in [-0.2, 0) is 4.74 Å². The van der Waals surface area contributed by atoms with Crippen LogP contribution in [0.5, 0.6) is 17.2 Å². The average Bonchev–Trinajstić information content (AvgIpc) is 2.98. The molecule has 0 aliphatic carbocycles. The van der Waals surface area contributed by atoms with Crippen LogP contribution in [0, 0.1) is 6.92 Å². The number of aryl methyl sites for hydroxylation is 1. The second kappa shape index (κ2) is 11.8. The minimum Gasteiger partial charge on any atom is -0.490 e. The highest BCUT2D eigenvalue weighted by molar-refractivity contribution is 5.98. The van der Waals surface area contributed by atoms with Gasteiger partial charge in [0.25, 0.3) is 0 Å². The Hall–Kier alpha value is -4.43. The van der Waals surface area contributed by atoms with Crippen molar-refractivity contribution in [1.82, 2.24) is 9.97 Å². The van der Waals surface area contributed by atoms with Gasteiger partial charge in [-0.05, 0) is 72.6 Å². The molecule has 8 heteroatoms. The summed E-state index contributed by atoms with van der Waals surface area (Å²) in [6.07, 6.45) is 5.41. The Morgan fingerprint density at radius 2 is 1.98 bits per heavy atom. The molecule has 0 fully saturated rings. The highest BCUT2D eigenvalue weighted by atomic mass is 16.5. The van der Waals surface area contributed by atoms with Gasteiger partial charge in [0.05, 0.1) is 18.0 Å². The number of nitrogens with one attached hydrogen (secondary N) is 1. The summed E-state index contributed by atoms with van der Waals surface area (Å²) in [4.78, 5) is 11.1. The van der Waals surface area contributed by atoms with Crippen molar-refractivity contribution in [3.05, 3.63) is 78.8 Å². The highest BCUT2D eigenvalue weighted by Gasteiger charge is 2.23. The van der Waals surface area contributed by atoms with E-state index in [1.165, 1.54) is 5.56 Å². The number of nitrogens with zero attached hydrogens (tertiary/aromatic N) is 4. The molecule has 2 heterocycles. The molecule has 0 saturated heterocycles. The van der Waals surface area contributed by atoms with Crippen molar-refractivity contribution >= 4 is 40.0 Å². The lowest BCUT2D eigenvalue weighted by molar-refractivity contribution is -0.450. The first-order chi connectivity index (χ1) is 19.4. The molecule has 1 aromatic heterocycles. The average molecular weight is 539 g/mol. The zero-order valence-corrected chi connectivity index (χ0v) is 23.8. The summed E-state index contributed by atoms with van der Waals surface area (Å²) in [5.41, 5.74) is 5.97. The molecule has 1 aliphatic rings. The van der Waals surface area contributed by atoms with Gasteiger partial charge in [0.15, 0.2) is 12.8 Å². The predicted octanol–water partition coefficient (Wildman–Crippen LogP) is 6.93. The first-order valence-corrected chi connectivity index (χ1v) is 13.4. The van der Waals surface area contributed by atoms with Gasteiger partial charge in [0.1, 0.15) is 36.9 Å².